The van der Waals surface area contributed by atoms with Gasteiger partial charge in [0.25, 0.3) is 0 Å². The summed E-state index contributed by atoms with van der Waals surface area (Å²) in [7, 11) is -3.70. The standard InChI is InChI=1S/C24H26N2O4S/c1-18(20-10-6-4-7-11-20)25-24(27)19(2)26(31(3,28)29)21-14-16-23(17-15-21)30-22-12-8-5-9-13-22/h4-19H,1-3H3,(H,25,27)/t18-,19-/m1/s1. The summed E-state index contributed by atoms with van der Waals surface area (Å²) in [5, 5.41) is 2.89. The second kappa shape index (κ2) is 9.66. The van der Waals surface area contributed by atoms with E-state index in [1.165, 1.54) is 0 Å². The van der Waals surface area contributed by atoms with Crippen LogP contribution in [-0.2, 0) is 14.8 Å². The summed E-state index contributed by atoms with van der Waals surface area (Å²) in [6.45, 7) is 3.43. The number of nitrogens with zero attached hydrogens (tertiary/aromatic N) is 1. The van der Waals surface area contributed by atoms with Crippen molar-refractivity contribution in [2.75, 3.05) is 10.6 Å². The van der Waals surface area contributed by atoms with Gasteiger partial charge in [-0.1, -0.05) is 48.5 Å². The molecular formula is C24H26N2O4S. The number of rotatable bonds is 8. The van der Waals surface area contributed by atoms with Crippen LogP contribution >= 0.6 is 0 Å². The van der Waals surface area contributed by atoms with Crippen molar-refractivity contribution in [3.05, 3.63) is 90.5 Å². The van der Waals surface area contributed by atoms with E-state index in [-0.39, 0.29) is 11.9 Å². The molecule has 0 unspecified atom stereocenters. The molecule has 3 aromatic rings. The predicted molar refractivity (Wildman–Crippen MR) is 123 cm³/mol. The average molecular weight is 439 g/mol. The van der Waals surface area contributed by atoms with E-state index in [1.54, 1.807) is 31.2 Å². The van der Waals surface area contributed by atoms with Crippen LogP contribution in [0.15, 0.2) is 84.9 Å². The molecule has 0 aliphatic heterocycles. The first-order chi connectivity index (χ1) is 14.8. The molecule has 1 N–H and O–H groups in total. The highest BCUT2D eigenvalue weighted by Crippen LogP contribution is 2.27. The lowest BCUT2D eigenvalue weighted by Gasteiger charge is -2.29. The van der Waals surface area contributed by atoms with E-state index in [4.69, 9.17) is 4.74 Å². The minimum absolute atomic E-state index is 0.251. The molecule has 7 heteroatoms. The molecule has 0 bridgehead atoms. The van der Waals surface area contributed by atoms with Crippen LogP contribution in [0.2, 0.25) is 0 Å². The number of nitrogens with one attached hydrogen (secondary N) is 1. The number of carbonyl (C=O) groups excluding carboxylic acids is 1. The molecule has 0 spiro atoms. The molecule has 0 saturated carbocycles. The molecule has 31 heavy (non-hydrogen) atoms. The highest BCUT2D eigenvalue weighted by molar-refractivity contribution is 7.92. The van der Waals surface area contributed by atoms with Crippen LogP contribution in [0.4, 0.5) is 5.69 Å². The zero-order chi connectivity index (χ0) is 22.4. The quantitative estimate of drug-likeness (QED) is 0.561. The normalized spacial score (nSPS) is 13.1. The fraction of sp³-hybridized carbons (Fsp3) is 0.208. The molecule has 0 aliphatic rings. The Balaban J connectivity index is 1.77. The monoisotopic (exact) mass is 438 g/mol. The van der Waals surface area contributed by atoms with Crippen LogP contribution in [0, 0.1) is 0 Å². The molecule has 0 aliphatic carbocycles. The van der Waals surface area contributed by atoms with Gasteiger partial charge < -0.3 is 10.1 Å². The second-order valence-electron chi connectivity index (χ2n) is 7.28. The zero-order valence-electron chi connectivity index (χ0n) is 17.7. The Kier molecular flexibility index (Phi) is 6.97. The maximum Gasteiger partial charge on any atom is 0.244 e. The van der Waals surface area contributed by atoms with Crippen LogP contribution in [0.3, 0.4) is 0 Å². The molecule has 0 heterocycles. The van der Waals surface area contributed by atoms with Gasteiger partial charge in [0.15, 0.2) is 0 Å². The van der Waals surface area contributed by atoms with Crippen molar-refractivity contribution in [2.45, 2.75) is 25.9 Å². The first-order valence-electron chi connectivity index (χ1n) is 9.93. The Morgan fingerprint density at radius 2 is 1.35 bits per heavy atom. The number of ether oxygens (including phenoxy) is 1. The van der Waals surface area contributed by atoms with E-state index in [0.29, 0.717) is 17.2 Å². The average Bonchev–Trinajstić information content (AvgIpc) is 2.75. The number of sulfonamides is 1. The molecule has 0 fully saturated rings. The van der Waals surface area contributed by atoms with E-state index < -0.39 is 16.1 Å². The lowest BCUT2D eigenvalue weighted by atomic mass is 10.1. The number of benzene rings is 3. The van der Waals surface area contributed by atoms with Crippen molar-refractivity contribution in [1.29, 1.82) is 0 Å². The predicted octanol–water partition coefficient (Wildman–Crippen LogP) is 4.51. The van der Waals surface area contributed by atoms with Gasteiger partial charge in [0, 0.05) is 0 Å². The Hall–Kier alpha value is -3.32. The number of amides is 1. The molecule has 0 aromatic heterocycles. The van der Waals surface area contributed by atoms with Crippen LogP contribution < -0.4 is 14.4 Å². The Morgan fingerprint density at radius 3 is 1.90 bits per heavy atom. The number of carbonyl (C=O) groups is 1. The summed E-state index contributed by atoms with van der Waals surface area (Å²) in [5.74, 6) is 0.863. The van der Waals surface area contributed by atoms with E-state index >= 15 is 0 Å². The minimum atomic E-state index is -3.70. The van der Waals surface area contributed by atoms with Gasteiger partial charge in [0.05, 0.1) is 18.0 Å². The molecule has 1 amide bonds. The fourth-order valence-corrected chi connectivity index (χ4v) is 4.43. The van der Waals surface area contributed by atoms with E-state index in [2.05, 4.69) is 5.32 Å². The molecule has 6 nitrogen and oxygen atoms in total. The van der Waals surface area contributed by atoms with Gasteiger partial charge in [-0.05, 0) is 55.8 Å². The van der Waals surface area contributed by atoms with E-state index in [1.807, 2.05) is 67.6 Å². The van der Waals surface area contributed by atoms with Crippen LogP contribution in [0.5, 0.6) is 11.5 Å². The molecule has 2 atom stereocenters. The first-order valence-corrected chi connectivity index (χ1v) is 11.8. The van der Waals surface area contributed by atoms with Gasteiger partial charge in [-0.15, -0.1) is 0 Å². The third kappa shape index (κ3) is 5.86. The third-order valence-corrected chi connectivity index (χ3v) is 6.06. The number of para-hydroxylation sites is 1. The summed E-state index contributed by atoms with van der Waals surface area (Å²) < 4.78 is 31.9. The van der Waals surface area contributed by atoms with Gasteiger partial charge in [0.2, 0.25) is 15.9 Å². The topological polar surface area (TPSA) is 75.7 Å². The first kappa shape index (κ1) is 22.4. The fourth-order valence-electron chi connectivity index (χ4n) is 3.25. The molecular weight excluding hydrogens is 412 g/mol. The summed E-state index contributed by atoms with van der Waals surface area (Å²) in [6.07, 6.45) is 1.09. The van der Waals surface area contributed by atoms with Gasteiger partial charge in [-0.3, -0.25) is 9.10 Å². The third-order valence-electron chi connectivity index (χ3n) is 4.82. The van der Waals surface area contributed by atoms with Gasteiger partial charge >= 0.3 is 0 Å². The van der Waals surface area contributed by atoms with Crippen molar-refractivity contribution in [3.63, 3.8) is 0 Å². The van der Waals surface area contributed by atoms with Crippen molar-refractivity contribution < 1.29 is 17.9 Å². The van der Waals surface area contributed by atoms with E-state index in [0.717, 1.165) is 16.1 Å². The summed E-state index contributed by atoms with van der Waals surface area (Å²) >= 11 is 0. The van der Waals surface area contributed by atoms with E-state index in [9.17, 15) is 13.2 Å². The molecule has 0 radical (unpaired) electrons. The lowest BCUT2D eigenvalue weighted by Crippen LogP contribution is -2.48. The number of hydrogen-bond acceptors (Lipinski definition) is 4. The maximum absolute atomic E-state index is 12.9. The van der Waals surface area contributed by atoms with Gasteiger partial charge in [-0.2, -0.15) is 0 Å². The van der Waals surface area contributed by atoms with Crippen molar-refractivity contribution >= 4 is 21.6 Å². The zero-order valence-corrected chi connectivity index (χ0v) is 18.5. The molecule has 3 aromatic carbocycles. The molecule has 0 saturated heterocycles. The van der Waals surface area contributed by atoms with Crippen LogP contribution in [0.1, 0.15) is 25.5 Å². The lowest BCUT2D eigenvalue weighted by molar-refractivity contribution is -0.122. The van der Waals surface area contributed by atoms with Crippen LogP contribution in [0.25, 0.3) is 0 Å². The highest BCUT2D eigenvalue weighted by atomic mass is 32.2. The highest BCUT2D eigenvalue weighted by Gasteiger charge is 2.30. The smallest absolute Gasteiger partial charge is 0.244 e. The van der Waals surface area contributed by atoms with Crippen LogP contribution in [-0.4, -0.2) is 26.6 Å². The summed E-state index contributed by atoms with van der Waals surface area (Å²) in [5.41, 5.74) is 1.33. The van der Waals surface area contributed by atoms with Crippen molar-refractivity contribution in [3.8, 4) is 11.5 Å². The summed E-state index contributed by atoms with van der Waals surface area (Å²) in [4.78, 5) is 12.9. The van der Waals surface area contributed by atoms with Gasteiger partial charge in [-0.25, -0.2) is 8.42 Å². The molecule has 3 rings (SSSR count). The SMILES string of the molecule is C[C@H](C(=O)N[C@H](C)c1ccccc1)N(c1ccc(Oc2ccccc2)cc1)S(C)(=O)=O. The molecule has 162 valence electrons. The number of anilines is 1. The van der Waals surface area contributed by atoms with Crippen molar-refractivity contribution in [2.24, 2.45) is 0 Å². The Morgan fingerprint density at radius 1 is 0.839 bits per heavy atom. The summed E-state index contributed by atoms with van der Waals surface area (Å²) in [6, 6.07) is 24.2. The largest absolute Gasteiger partial charge is 0.457 e. The van der Waals surface area contributed by atoms with Crippen molar-refractivity contribution in [1.82, 2.24) is 5.32 Å². The Labute approximate surface area is 183 Å². The Bertz CT molecular complexity index is 1100. The maximum atomic E-state index is 12.9. The minimum Gasteiger partial charge on any atom is -0.457 e. The second-order valence-corrected chi connectivity index (χ2v) is 9.14. The van der Waals surface area contributed by atoms with Gasteiger partial charge in [0.1, 0.15) is 17.5 Å². The number of hydrogen-bond donors (Lipinski definition) is 1.